The predicted octanol–water partition coefficient (Wildman–Crippen LogP) is 2.14. The Morgan fingerprint density at radius 3 is 3.07 bits per heavy atom. The Hall–Kier alpha value is -1.68. The van der Waals surface area contributed by atoms with Crippen molar-refractivity contribution in [3.05, 3.63) is 40.1 Å². The van der Waals surface area contributed by atoms with Crippen molar-refractivity contribution in [3.63, 3.8) is 0 Å². The van der Waals surface area contributed by atoms with Gasteiger partial charge in [0.25, 0.3) is 0 Å². The van der Waals surface area contributed by atoms with Crippen molar-refractivity contribution in [2.75, 3.05) is 0 Å². The first-order valence-electron chi connectivity index (χ1n) is 4.20. The Kier molecular flexibility index (Phi) is 1.46. The van der Waals surface area contributed by atoms with Gasteiger partial charge in [-0.05, 0) is 24.3 Å². The van der Waals surface area contributed by atoms with E-state index >= 15 is 0 Å². The third kappa shape index (κ3) is 0.975. The second kappa shape index (κ2) is 2.65. The third-order valence-electron chi connectivity index (χ3n) is 2.19. The molecular weight excluding hydrogens is 196 g/mol. The van der Waals surface area contributed by atoms with E-state index in [1.807, 2.05) is 18.2 Å². The summed E-state index contributed by atoms with van der Waals surface area (Å²) < 4.78 is 1.06. The molecule has 0 saturated carbocycles. The summed E-state index contributed by atoms with van der Waals surface area (Å²) in [4.78, 5) is 18.4. The highest BCUT2D eigenvalue weighted by Crippen LogP contribution is 2.23. The minimum Gasteiger partial charge on any atom is -0.345 e. The van der Waals surface area contributed by atoms with Gasteiger partial charge in [-0.2, -0.15) is 0 Å². The minimum absolute atomic E-state index is 0.0763. The molecule has 0 radical (unpaired) electrons. The molecule has 3 nitrogen and oxygen atoms in total. The second-order valence-electron chi connectivity index (χ2n) is 3.03. The Bertz CT molecular complexity index is 668. The van der Waals surface area contributed by atoms with Crippen molar-refractivity contribution in [2.45, 2.75) is 0 Å². The summed E-state index contributed by atoms with van der Waals surface area (Å²) in [7, 11) is 0. The highest BCUT2D eigenvalue weighted by atomic mass is 32.1. The van der Waals surface area contributed by atoms with Crippen LogP contribution < -0.4 is 4.74 Å². The summed E-state index contributed by atoms with van der Waals surface area (Å²) >= 11 is 1.25. The van der Waals surface area contributed by atoms with E-state index in [0.29, 0.717) is 0 Å². The van der Waals surface area contributed by atoms with Crippen LogP contribution >= 0.6 is 11.3 Å². The minimum atomic E-state index is 0.0763. The van der Waals surface area contributed by atoms with Crippen molar-refractivity contribution >= 4 is 32.5 Å². The molecule has 0 spiro atoms. The number of nitrogens with one attached hydrogen (secondary N) is 1. The maximum absolute atomic E-state index is 11.1. The van der Waals surface area contributed by atoms with Crippen molar-refractivity contribution in [1.29, 1.82) is 0 Å². The number of aromatic nitrogens is 2. The number of rotatable bonds is 0. The molecule has 68 valence electrons. The van der Waals surface area contributed by atoms with Gasteiger partial charge in [-0.1, -0.05) is 11.3 Å². The Morgan fingerprint density at radius 1 is 1.21 bits per heavy atom. The Labute approximate surface area is 83.0 Å². The monoisotopic (exact) mass is 202 g/mol. The highest BCUT2D eigenvalue weighted by Gasteiger charge is 2.02. The topological polar surface area (TPSA) is 45.8 Å². The van der Waals surface area contributed by atoms with Crippen molar-refractivity contribution in [3.8, 4) is 0 Å². The second-order valence-corrected chi connectivity index (χ2v) is 4.08. The average Bonchev–Trinajstić information content (AvgIpc) is 2.65. The van der Waals surface area contributed by atoms with Gasteiger partial charge in [0.15, 0.2) is 0 Å². The van der Waals surface area contributed by atoms with Gasteiger partial charge in [-0.3, -0.25) is 4.79 Å². The lowest BCUT2D eigenvalue weighted by Gasteiger charge is -1.95. The lowest BCUT2D eigenvalue weighted by Crippen LogP contribution is -1.89. The number of benzene rings is 1. The smallest absolute Gasteiger partial charge is 0.232 e. The molecule has 0 atom stereocenters. The van der Waals surface area contributed by atoms with Gasteiger partial charge < -0.3 is 4.98 Å². The van der Waals surface area contributed by atoms with Crippen molar-refractivity contribution < 1.29 is 0 Å². The molecule has 3 rings (SSSR count). The summed E-state index contributed by atoms with van der Waals surface area (Å²) in [6.07, 6.45) is 1.67. The number of hydrogen-bond donors (Lipinski definition) is 1. The van der Waals surface area contributed by atoms with Crippen LogP contribution in [0.3, 0.4) is 0 Å². The van der Waals surface area contributed by atoms with Gasteiger partial charge in [-0.15, -0.1) is 0 Å². The summed E-state index contributed by atoms with van der Waals surface area (Å²) in [5.41, 5.74) is 1.93. The molecule has 3 aromatic rings. The quantitative estimate of drug-likeness (QED) is 0.607. The fourth-order valence-electron chi connectivity index (χ4n) is 1.56. The van der Waals surface area contributed by atoms with Crippen LogP contribution in [0.5, 0.6) is 0 Å². The van der Waals surface area contributed by atoms with Gasteiger partial charge in [0.1, 0.15) is 0 Å². The van der Waals surface area contributed by atoms with Gasteiger partial charge in [0.2, 0.25) is 4.74 Å². The van der Waals surface area contributed by atoms with Crippen LogP contribution in [-0.4, -0.2) is 9.97 Å². The fourth-order valence-corrected chi connectivity index (χ4v) is 2.32. The molecule has 1 N–H and O–H groups in total. The number of imidazole rings is 1. The largest absolute Gasteiger partial charge is 0.345 e. The van der Waals surface area contributed by atoms with Crippen molar-refractivity contribution in [1.82, 2.24) is 9.97 Å². The van der Waals surface area contributed by atoms with Gasteiger partial charge >= 0.3 is 0 Å². The number of aromatic amines is 1. The zero-order valence-corrected chi connectivity index (χ0v) is 7.97. The number of fused-ring (bicyclic) bond motifs is 3. The van der Waals surface area contributed by atoms with E-state index in [1.165, 1.54) is 11.3 Å². The molecule has 0 aliphatic rings. The van der Waals surface area contributed by atoms with Crippen LogP contribution in [0.2, 0.25) is 0 Å². The van der Waals surface area contributed by atoms with Gasteiger partial charge in [-0.25, -0.2) is 4.98 Å². The first-order valence-corrected chi connectivity index (χ1v) is 5.02. The molecule has 2 aromatic heterocycles. The number of nitrogens with zero attached hydrogens (tertiary/aromatic N) is 1. The summed E-state index contributed by atoms with van der Waals surface area (Å²) in [6, 6.07) is 7.31. The van der Waals surface area contributed by atoms with Crippen LogP contribution in [0.1, 0.15) is 0 Å². The van der Waals surface area contributed by atoms with Crippen LogP contribution in [0, 0.1) is 0 Å². The standard InChI is InChI=1S/C10H6N2OS/c13-9-4-1-6-8(14-9)3-2-7-10(6)12-5-11-7/h1-5H,(H,11,12). The lowest BCUT2D eigenvalue weighted by atomic mass is 10.2. The predicted molar refractivity (Wildman–Crippen MR) is 57.7 cm³/mol. The first-order chi connectivity index (χ1) is 6.84. The van der Waals surface area contributed by atoms with E-state index in [-0.39, 0.29) is 4.74 Å². The van der Waals surface area contributed by atoms with E-state index < -0.39 is 0 Å². The molecule has 4 heteroatoms. The molecule has 14 heavy (non-hydrogen) atoms. The van der Waals surface area contributed by atoms with Crippen LogP contribution in [0.25, 0.3) is 21.1 Å². The molecule has 0 aliphatic carbocycles. The first kappa shape index (κ1) is 7.70. The van der Waals surface area contributed by atoms with Crippen LogP contribution in [-0.2, 0) is 0 Å². The maximum Gasteiger partial charge on any atom is 0.232 e. The average molecular weight is 202 g/mol. The van der Waals surface area contributed by atoms with Crippen LogP contribution in [0.4, 0.5) is 0 Å². The number of H-pyrrole nitrogens is 1. The zero-order valence-electron chi connectivity index (χ0n) is 7.15. The summed E-state index contributed by atoms with van der Waals surface area (Å²) in [6.45, 7) is 0. The normalized spacial score (nSPS) is 11.1. The molecular formula is C10H6N2OS. The molecule has 1 aromatic carbocycles. The van der Waals surface area contributed by atoms with Gasteiger partial charge in [0.05, 0.1) is 17.4 Å². The maximum atomic E-state index is 11.1. The Balaban J connectivity index is 2.63. The lowest BCUT2D eigenvalue weighted by molar-refractivity contribution is 1.35. The molecule has 0 fully saturated rings. The van der Waals surface area contributed by atoms with E-state index in [0.717, 1.165) is 21.1 Å². The van der Waals surface area contributed by atoms with E-state index in [9.17, 15) is 4.79 Å². The fraction of sp³-hybridized carbons (Fsp3) is 0. The molecule has 0 unspecified atom stereocenters. The molecule has 0 aliphatic heterocycles. The Morgan fingerprint density at radius 2 is 2.14 bits per heavy atom. The highest BCUT2D eigenvalue weighted by molar-refractivity contribution is 7.16. The number of hydrogen-bond acceptors (Lipinski definition) is 3. The van der Waals surface area contributed by atoms with E-state index in [2.05, 4.69) is 9.97 Å². The van der Waals surface area contributed by atoms with E-state index in [1.54, 1.807) is 12.4 Å². The summed E-state index contributed by atoms with van der Waals surface area (Å²) in [5.74, 6) is 0. The summed E-state index contributed by atoms with van der Waals surface area (Å²) in [5, 5.41) is 1.04. The third-order valence-corrected chi connectivity index (χ3v) is 3.10. The SMILES string of the molecule is O=c1ccc2c(ccc3[nH]cnc32)s1. The zero-order chi connectivity index (χ0) is 9.54. The molecule has 0 amide bonds. The van der Waals surface area contributed by atoms with Gasteiger partial charge in [0, 0.05) is 10.1 Å². The van der Waals surface area contributed by atoms with Crippen molar-refractivity contribution in [2.24, 2.45) is 0 Å². The van der Waals surface area contributed by atoms with E-state index in [4.69, 9.17) is 0 Å². The molecule has 0 bridgehead atoms. The van der Waals surface area contributed by atoms with Crippen LogP contribution in [0.15, 0.2) is 35.4 Å². The molecule has 2 heterocycles. The molecule has 0 saturated heterocycles.